The molecule has 12 heavy (non-hydrogen) atoms. The maximum Gasteiger partial charge on any atom is 0.417 e. The van der Waals surface area contributed by atoms with Gasteiger partial charge in [0.25, 0.3) is 0 Å². The Kier molecular flexibility index (Phi) is 5.45. The van der Waals surface area contributed by atoms with E-state index in [1.807, 2.05) is 13.8 Å². The van der Waals surface area contributed by atoms with Crippen LogP contribution in [0.4, 0.5) is 0 Å². The standard InChI is InChI=1S/C8H14O3S/c1-5-7(3)10-12(9)11-8(4)6-2/h3-6H2,1-2H3. The predicted molar refractivity (Wildman–Crippen MR) is 49.2 cm³/mol. The summed E-state index contributed by atoms with van der Waals surface area (Å²) < 4.78 is 20.5. The minimum atomic E-state index is -1.78. The van der Waals surface area contributed by atoms with Crippen molar-refractivity contribution in [2.24, 2.45) is 0 Å². The van der Waals surface area contributed by atoms with Gasteiger partial charge in [-0.25, -0.2) is 0 Å². The van der Waals surface area contributed by atoms with Crippen LogP contribution in [0.25, 0.3) is 0 Å². The Labute approximate surface area is 75.9 Å². The molecule has 0 bridgehead atoms. The van der Waals surface area contributed by atoms with Gasteiger partial charge < -0.3 is 8.37 Å². The molecule has 0 fully saturated rings. The van der Waals surface area contributed by atoms with Gasteiger partial charge in [-0.05, 0) is 0 Å². The van der Waals surface area contributed by atoms with Crippen LogP contribution < -0.4 is 0 Å². The molecular weight excluding hydrogens is 176 g/mol. The fraction of sp³-hybridized carbons (Fsp3) is 0.500. The van der Waals surface area contributed by atoms with Crippen LogP contribution in [0.2, 0.25) is 0 Å². The number of rotatable bonds is 6. The largest absolute Gasteiger partial charge is 0.417 e. The summed E-state index contributed by atoms with van der Waals surface area (Å²) in [6.07, 6.45) is 1.24. The van der Waals surface area contributed by atoms with E-state index in [0.29, 0.717) is 24.4 Å². The average molecular weight is 190 g/mol. The Hall–Kier alpha value is -0.770. The Morgan fingerprint density at radius 3 is 1.75 bits per heavy atom. The van der Waals surface area contributed by atoms with E-state index in [1.165, 1.54) is 0 Å². The van der Waals surface area contributed by atoms with Crippen molar-refractivity contribution < 1.29 is 12.6 Å². The second-order valence-electron chi connectivity index (χ2n) is 2.16. The first kappa shape index (κ1) is 11.2. The molecule has 0 saturated heterocycles. The first-order valence-corrected chi connectivity index (χ1v) is 4.74. The minimum Gasteiger partial charge on any atom is -0.376 e. The lowest BCUT2D eigenvalue weighted by Gasteiger charge is -2.06. The Bertz CT molecular complexity index is 178. The molecule has 0 N–H and O–H groups in total. The topological polar surface area (TPSA) is 35.5 Å². The van der Waals surface area contributed by atoms with Crippen molar-refractivity contribution in [1.82, 2.24) is 0 Å². The molecule has 0 rings (SSSR count). The predicted octanol–water partition coefficient (Wildman–Crippen LogP) is 2.45. The molecule has 0 spiro atoms. The van der Waals surface area contributed by atoms with Crippen LogP contribution in [0, 0.1) is 0 Å². The molecule has 0 aromatic carbocycles. The third-order valence-corrected chi connectivity index (χ3v) is 1.90. The van der Waals surface area contributed by atoms with Crippen molar-refractivity contribution >= 4 is 11.4 Å². The zero-order valence-electron chi connectivity index (χ0n) is 7.46. The summed E-state index contributed by atoms with van der Waals surface area (Å²) in [5.74, 6) is 0.884. The number of hydrogen-bond donors (Lipinski definition) is 0. The van der Waals surface area contributed by atoms with E-state index in [9.17, 15) is 4.21 Å². The van der Waals surface area contributed by atoms with E-state index in [-0.39, 0.29) is 0 Å². The summed E-state index contributed by atoms with van der Waals surface area (Å²) in [4.78, 5) is 0. The third-order valence-electron chi connectivity index (χ3n) is 1.16. The number of hydrogen-bond acceptors (Lipinski definition) is 3. The zero-order chi connectivity index (χ0) is 9.56. The van der Waals surface area contributed by atoms with E-state index in [0.717, 1.165) is 0 Å². The second kappa shape index (κ2) is 5.83. The van der Waals surface area contributed by atoms with Gasteiger partial charge in [-0.15, -0.1) is 0 Å². The van der Waals surface area contributed by atoms with E-state index in [1.54, 1.807) is 0 Å². The highest BCUT2D eigenvalue weighted by Gasteiger charge is 2.04. The lowest BCUT2D eigenvalue weighted by Crippen LogP contribution is -2.00. The molecular formula is C8H14O3S. The van der Waals surface area contributed by atoms with Gasteiger partial charge in [0.05, 0.1) is 0 Å². The fourth-order valence-corrected chi connectivity index (χ4v) is 0.982. The molecule has 0 aliphatic rings. The van der Waals surface area contributed by atoms with Gasteiger partial charge >= 0.3 is 11.4 Å². The monoisotopic (exact) mass is 190 g/mol. The maximum atomic E-state index is 10.9. The molecule has 0 radical (unpaired) electrons. The Morgan fingerprint density at radius 2 is 1.50 bits per heavy atom. The van der Waals surface area contributed by atoms with Crippen LogP contribution in [0.1, 0.15) is 26.7 Å². The molecule has 70 valence electrons. The van der Waals surface area contributed by atoms with Gasteiger partial charge in [-0.3, -0.25) is 0 Å². The molecule has 0 unspecified atom stereocenters. The van der Waals surface area contributed by atoms with Gasteiger partial charge in [0.1, 0.15) is 11.5 Å². The number of allylic oxidation sites excluding steroid dienone is 2. The summed E-state index contributed by atoms with van der Waals surface area (Å²) in [6, 6.07) is 0. The first-order valence-electron chi connectivity index (χ1n) is 3.74. The molecule has 0 aliphatic heterocycles. The van der Waals surface area contributed by atoms with Crippen molar-refractivity contribution in [2.75, 3.05) is 0 Å². The molecule has 0 amide bonds. The minimum absolute atomic E-state index is 0.442. The van der Waals surface area contributed by atoms with Crippen LogP contribution >= 0.6 is 0 Å². The third kappa shape index (κ3) is 4.96. The van der Waals surface area contributed by atoms with Crippen molar-refractivity contribution in [3.8, 4) is 0 Å². The van der Waals surface area contributed by atoms with Crippen LogP contribution in [0.3, 0.4) is 0 Å². The quantitative estimate of drug-likeness (QED) is 0.603. The van der Waals surface area contributed by atoms with Crippen LogP contribution in [-0.2, 0) is 19.7 Å². The van der Waals surface area contributed by atoms with Crippen molar-refractivity contribution in [2.45, 2.75) is 26.7 Å². The highest BCUT2D eigenvalue weighted by Crippen LogP contribution is 2.08. The summed E-state index contributed by atoms with van der Waals surface area (Å²) in [5, 5.41) is 0. The molecule has 0 atom stereocenters. The van der Waals surface area contributed by atoms with E-state index < -0.39 is 11.4 Å². The molecule has 0 aromatic heterocycles. The molecule has 0 saturated carbocycles. The lowest BCUT2D eigenvalue weighted by atomic mass is 10.4. The normalized spacial score (nSPS) is 9.58. The van der Waals surface area contributed by atoms with Gasteiger partial charge in [-0.1, -0.05) is 27.0 Å². The highest BCUT2D eigenvalue weighted by atomic mass is 32.2. The molecule has 0 aromatic rings. The van der Waals surface area contributed by atoms with Crippen molar-refractivity contribution in [3.05, 3.63) is 24.7 Å². The van der Waals surface area contributed by atoms with Crippen LogP contribution in [0.5, 0.6) is 0 Å². The Balaban J connectivity index is 3.74. The maximum absolute atomic E-state index is 10.9. The lowest BCUT2D eigenvalue weighted by molar-refractivity contribution is 0.337. The fourth-order valence-electron chi connectivity index (χ4n) is 0.327. The average Bonchev–Trinajstić information content (AvgIpc) is 2.03. The molecule has 3 nitrogen and oxygen atoms in total. The van der Waals surface area contributed by atoms with Gasteiger partial charge in [0.2, 0.25) is 0 Å². The van der Waals surface area contributed by atoms with E-state index >= 15 is 0 Å². The summed E-state index contributed by atoms with van der Waals surface area (Å²) in [7, 11) is 0. The smallest absolute Gasteiger partial charge is 0.376 e. The van der Waals surface area contributed by atoms with Gasteiger partial charge in [0.15, 0.2) is 0 Å². The van der Waals surface area contributed by atoms with Crippen LogP contribution in [0.15, 0.2) is 24.7 Å². The Morgan fingerprint density at radius 1 is 1.17 bits per heavy atom. The SMILES string of the molecule is C=C(CC)OS(=O)OC(=C)CC. The summed E-state index contributed by atoms with van der Waals surface area (Å²) in [5.41, 5.74) is 0. The van der Waals surface area contributed by atoms with E-state index in [4.69, 9.17) is 8.37 Å². The highest BCUT2D eigenvalue weighted by molar-refractivity contribution is 7.75. The van der Waals surface area contributed by atoms with Gasteiger partial charge in [-0.2, -0.15) is 4.21 Å². The van der Waals surface area contributed by atoms with Gasteiger partial charge in [0, 0.05) is 12.8 Å². The van der Waals surface area contributed by atoms with Crippen molar-refractivity contribution in [3.63, 3.8) is 0 Å². The molecule has 0 heterocycles. The second-order valence-corrected chi connectivity index (χ2v) is 2.90. The zero-order valence-corrected chi connectivity index (χ0v) is 8.28. The molecule has 0 aliphatic carbocycles. The summed E-state index contributed by atoms with van der Waals surface area (Å²) in [6.45, 7) is 10.8. The van der Waals surface area contributed by atoms with Crippen LogP contribution in [-0.4, -0.2) is 4.21 Å². The van der Waals surface area contributed by atoms with Crippen molar-refractivity contribution in [1.29, 1.82) is 0 Å². The molecule has 4 heteroatoms. The summed E-state index contributed by atoms with van der Waals surface area (Å²) >= 11 is -1.78. The first-order chi connectivity index (χ1) is 5.60. The van der Waals surface area contributed by atoms with E-state index in [2.05, 4.69) is 13.2 Å².